The van der Waals surface area contributed by atoms with E-state index in [0.717, 1.165) is 45.1 Å². The van der Waals surface area contributed by atoms with Crippen molar-refractivity contribution in [1.82, 2.24) is 10.2 Å². The van der Waals surface area contributed by atoms with Gasteiger partial charge in [0.05, 0.1) is 0 Å². The molecule has 0 aliphatic carbocycles. The summed E-state index contributed by atoms with van der Waals surface area (Å²) in [6.45, 7) is 10.4. The van der Waals surface area contributed by atoms with Gasteiger partial charge < -0.3 is 10.1 Å². The first-order chi connectivity index (χ1) is 10.3. The Morgan fingerprint density at radius 3 is 3.05 bits per heavy atom. The van der Waals surface area contributed by atoms with Crippen molar-refractivity contribution in [3.05, 3.63) is 41.5 Å². The minimum absolute atomic E-state index is 0.763. The molecule has 21 heavy (non-hydrogen) atoms. The molecule has 3 heteroatoms. The maximum atomic E-state index is 5.90. The zero-order valence-electron chi connectivity index (χ0n) is 13.4. The van der Waals surface area contributed by atoms with Crippen LogP contribution < -0.4 is 10.1 Å². The third-order valence-corrected chi connectivity index (χ3v) is 3.74. The average molecular weight is 288 g/mol. The molecule has 1 aromatic carbocycles. The van der Waals surface area contributed by atoms with Crippen molar-refractivity contribution in [1.29, 1.82) is 0 Å². The van der Waals surface area contributed by atoms with E-state index in [-0.39, 0.29) is 0 Å². The lowest BCUT2D eigenvalue weighted by atomic mass is 10.1. The molecule has 0 saturated carbocycles. The molecule has 0 radical (unpaired) electrons. The fourth-order valence-corrected chi connectivity index (χ4v) is 2.63. The minimum Gasteiger partial charge on any atom is -0.492 e. The number of hydrogen-bond donors (Lipinski definition) is 1. The van der Waals surface area contributed by atoms with E-state index in [2.05, 4.69) is 48.3 Å². The van der Waals surface area contributed by atoms with E-state index in [0.29, 0.717) is 0 Å². The van der Waals surface area contributed by atoms with Gasteiger partial charge in [-0.15, -0.1) is 0 Å². The number of hydrogen-bond acceptors (Lipinski definition) is 3. The fourth-order valence-electron chi connectivity index (χ4n) is 2.63. The van der Waals surface area contributed by atoms with Crippen LogP contribution in [0.3, 0.4) is 0 Å². The van der Waals surface area contributed by atoms with Crippen molar-refractivity contribution >= 4 is 0 Å². The third kappa shape index (κ3) is 5.90. The lowest BCUT2D eigenvalue weighted by Gasteiger charge is -2.25. The number of rotatable bonds is 8. The average Bonchev–Trinajstić information content (AvgIpc) is 2.48. The Bertz CT molecular complexity index is 456. The van der Waals surface area contributed by atoms with E-state index in [9.17, 15) is 0 Å². The molecule has 1 aliphatic heterocycles. The highest BCUT2D eigenvalue weighted by molar-refractivity contribution is 5.28. The van der Waals surface area contributed by atoms with Gasteiger partial charge in [-0.2, -0.15) is 0 Å². The number of nitrogens with zero attached hydrogens (tertiary/aromatic N) is 1. The Labute approximate surface area is 129 Å². The Morgan fingerprint density at radius 1 is 1.33 bits per heavy atom. The zero-order chi connectivity index (χ0) is 14.9. The largest absolute Gasteiger partial charge is 0.492 e. The van der Waals surface area contributed by atoms with E-state index in [4.69, 9.17) is 4.74 Å². The molecule has 116 valence electrons. The lowest BCUT2D eigenvalue weighted by molar-refractivity contribution is 0.217. The molecule has 1 aromatic rings. The predicted molar refractivity (Wildman–Crippen MR) is 88.7 cm³/mol. The summed E-state index contributed by atoms with van der Waals surface area (Å²) < 4.78 is 5.90. The van der Waals surface area contributed by atoms with Crippen LogP contribution in [0.2, 0.25) is 0 Å². The molecule has 3 nitrogen and oxygen atoms in total. The fraction of sp³-hybridized carbons (Fsp3) is 0.556. The first kappa shape index (κ1) is 16.1. The van der Waals surface area contributed by atoms with Crippen LogP contribution in [0.15, 0.2) is 35.9 Å². The molecule has 0 saturated heterocycles. The normalized spacial score (nSPS) is 15.8. The summed E-state index contributed by atoms with van der Waals surface area (Å²) in [6.07, 6.45) is 4.68. The molecule has 0 amide bonds. The van der Waals surface area contributed by atoms with Crippen LogP contribution in [-0.2, 0) is 6.54 Å². The molecule has 0 atom stereocenters. The summed E-state index contributed by atoms with van der Waals surface area (Å²) in [5.74, 6) is 0.982. The van der Waals surface area contributed by atoms with Crippen LogP contribution in [0, 0.1) is 0 Å². The van der Waals surface area contributed by atoms with E-state index < -0.39 is 0 Å². The molecule has 1 heterocycles. The highest BCUT2D eigenvalue weighted by Crippen LogP contribution is 2.14. The highest BCUT2D eigenvalue weighted by atomic mass is 16.5. The molecule has 0 bridgehead atoms. The van der Waals surface area contributed by atoms with Crippen LogP contribution >= 0.6 is 0 Å². The van der Waals surface area contributed by atoms with Gasteiger partial charge in [-0.25, -0.2) is 0 Å². The maximum absolute atomic E-state index is 5.90. The summed E-state index contributed by atoms with van der Waals surface area (Å²) in [6, 6.07) is 8.41. The molecule has 0 unspecified atom stereocenters. The third-order valence-electron chi connectivity index (χ3n) is 3.74. The van der Waals surface area contributed by atoms with Gasteiger partial charge >= 0.3 is 0 Å². The van der Waals surface area contributed by atoms with Gasteiger partial charge in [-0.1, -0.05) is 30.7 Å². The van der Waals surface area contributed by atoms with Crippen LogP contribution in [0.1, 0.15) is 32.3 Å². The van der Waals surface area contributed by atoms with E-state index in [1.807, 2.05) is 6.07 Å². The van der Waals surface area contributed by atoms with Crippen molar-refractivity contribution in [2.45, 2.75) is 33.2 Å². The quantitative estimate of drug-likeness (QED) is 0.587. The van der Waals surface area contributed by atoms with Crippen molar-refractivity contribution in [2.24, 2.45) is 0 Å². The molecule has 0 spiro atoms. The van der Waals surface area contributed by atoms with Crippen molar-refractivity contribution in [3.8, 4) is 5.75 Å². The Kier molecular flexibility index (Phi) is 6.77. The molecular weight excluding hydrogens is 260 g/mol. The second-order valence-corrected chi connectivity index (χ2v) is 5.79. The van der Waals surface area contributed by atoms with Crippen LogP contribution in [0.25, 0.3) is 0 Å². The molecule has 2 rings (SSSR count). The van der Waals surface area contributed by atoms with Gasteiger partial charge in [-0.3, -0.25) is 4.90 Å². The second kappa shape index (κ2) is 8.85. The summed E-state index contributed by atoms with van der Waals surface area (Å²) in [5, 5.41) is 3.42. The smallest absolute Gasteiger partial charge is 0.119 e. The van der Waals surface area contributed by atoms with Gasteiger partial charge in [0.2, 0.25) is 0 Å². The van der Waals surface area contributed by atoms with Crippen molar-refractivity contribution in [3.63, 3.8) is 0 Å². The van der Waals surface area contributed by atoms with Crippen LogP contribution in [0.5, 0.6) is 5.75 Å². The molecular formula is C18H28N2O. The monoisotopic (exact) mass is 288 g/mol. The first-order valence-corrected chi connectivity index (χ1v) is 8.08. The molecule has 0 fully saturated rings. The standard InChI is InChI=1S/C18H28N2O/c1-3-9-19-14-17-7-4-8-18(13-17)21-12-11-20-10-5-6-16(2)15-20/h4,6-8,13,19H,3,5,9-12,14-15H2,1-2H3. The SMILES string of the molecule is CCCNCc1cccc(OCCN2CCC=C(C)C2)c1. The Balaban J connectivity index is 1.72. The first-order valence-electron chi connectivity index (χ1n) is 8.08. The Morgan fingerprint density at radius 2 is 2.24 bits per heavy atom. The highest BCUT2D eigenvalue weighted by Gasteiger charge is 2.09. The predicted octanol–water partition coefficient (Wildman–Crippen LogP) is 3.22. The zero-order valence-corrected chi connectivity index (χ0v) is 13.4. The van der Waals surface area contributed by atoms with Gasteiger partial charge in [0, 0.05) is 26.2 Å². The van der Waals surface area contributed by atoms with Gasteiger partial charge in [0.1, 0.15) is 12.4 Å². The summed E-state index contributed by atoms with van der Waals surface area (Å²) >= 11 is 0. The summed E-state index contributed by atoms with van der Waals surface area (Å²) in [7, 11) is 0. The van der Waals surface area contributed by atoms with E-state index >= 15 is 0 Å². The topological polar surface area (TPSA) is 24.5 Å². The summed E-state index contributed by atoms with van der Waals surface area (Å²) in [5.41, 5.74) is 2.77. The Hall–Kier alpha value is -1.32. The van der Waals surface area contributed by atoms with Gasteiger partial charge in [-0.05, 0) is 44.0 Å². The van der Waals surface area contributed by atoms with Crippen LogP contribution in [0.4, 0.5) is 0 Å². The maximum Gasteiger partial charge on any atom is 0.119 e. The number of ether oxygens (including phenoxy) is 1. The number of benzene rings is 1. The van der Waals surface area contributed by atoms with E-state index in [1.54, 1.807) is 0 Å². The number of nitrogens with one attached hydrogen (secondary N) is 1. The van der Waals surface area contributed by atoms with Crippen molar-refractivity contribution in [2.75, 3.05) is 32.8 Å². The molecule has 0 aromatic heterocycles. The summed E-state index contributed by atoms with van der Waals surface area (Å²) in [4.78, 5) is 2.46. The molecule has 1 aliphatic rings. The lowest BCUT2D eigenvalue weighted by Crippen LogP contribution is -2.33. The molecule has 1 N–H and O–H groups in total. The van der Waals surface area contributed by atoms with Crippen LogP contribution in [-0.4, -0.2) is 37.7 Å². The second-order valence-electron chi connectivity index (χ2n) is 5.79. The minimum atomic E-state index is 0.763. The van der Waals surface area contributed by atoms with Gasteiger partial charge in [0.15, 0.2) is 0 Å². The van der Waals surface area contributed by atoms with E-state index in [1.165, 1.54) is 24.0 Å². The van der Waals surface area contributed by atoms with Gasteiger partial charge in [0.25, 0.3) is 0 Å². The van der Waals surface area contributed by atoms with Crippen molar-refractivity contribution < 1.29 is 4.74 Å².